The van der Waals surface area contributed by atoms with E-state index in [4.69, 9.17) is 10.3 Å². The van der Waals surface area contributed by atoms with E-state index in [1.165, 1.54) is 12.1 Å². The first-order valence-electron chi connectivity index (χ1n) is 6.56. The largest absolute Gasteiger partial charge is 0.457 e. The first-order chi connectivity index (χ1) is 10.7. The van der Waals surface area contributed by atoms with E-state index in [0.717, 1.165) is 5.56 Å². The van der Waals surface area contributed by atoms with Crippen molar-refractivity contribution in [2.24, 2.45) is 5.11 Å². The van der Waals surface area contributed by atoms with Crippen LogP contribution >= 0.6 is 0 Å². The maximum absolute atomic E-state index is 12.1. The van der Waals surface area contributed by atoms with E-state index in [1.54, 1.807) is 12.1 Å². The van der Waals surface area contributed by atoms with Gasteiger partial charge in [0, 0.05) is 10.5 Å². The molecule has 0 amide bonds. The number of azide groups is 1. The Labute approximate surface area is 127 Å². The van der Waals surface area contributed by atoms with Crippen LogP contribution in [0.3, 0.4) is 0 Å². The molecule has 0 unspecified atom stereocenters. The maximum atomic E-state index is 12.1. The number of carbonyl (C=O) groups is 2. The molecule has 6 heteroatoms. The van der Waals surface area contributed by atoms with Crippen molar-refractivity contribution in [3.63, 3.8) is 0 Å². The van der Waals surface area contributed by atoms with Crippen molar-refractivity contribution >= 4 is 11.8 Å². The van der Waals surface area contributed by atoms with Gasteiger partial charge >= 0.3 is 5.97 Å². The van der Waals surface area contributed by atoms with Crippen molar-refractivity contribution in [1.82, 2.24) is 0 Å². The molecule has 0 saturated carbocycles. The molecule has 0 bridgehead atoms. The zero-order valence-electron chi connectivity index (χ0n) is 11.7. The van der Waals surface area contributed by atoms with Crippen LogP contribution in [-0.4, -0.2) is 18.3 Å². The first kappa shape index (κ1) is 15.3. The first-order valence-corrected chi connectivity index (χ1v) is 6.56. The quantitative estimate of drug-likeness (QED) is 0.268. The second kappa shape index (κ2) is 7.61. The molecule has 0 fully saturated rings. The highest BCUT2D eigenvalue weighted by Gasteiger charge is 2.17. The van der Waals surface area contributed by atoms with Gasteiger partial charge in [-0.2, -0.15) is 0 Å². The third-order valence-corrected chi connectivity index (χ3v) is 2.94. The molecule has 0 aromatic heterocycles. The Morgan fingerprint density at radius 3 is 2.32 bits per heavy atom. The van der Waals surface area contributed by atoms with Gasteiger partial charge in [0.25, 0.3) is 0 Å². The lowest BCUT2D eigenvalue weighted by atomic mass is 10.0. The molecule has 0 aliphatic rings. The minimum atomic E-state index is -0.589. The van der Waals surface area contributed by atoms with E-state index >= 15 is 0 Å². The van der Waals surface area contributed by atoms with Crippen LogP contribution in [0.15, 0.2) is 59.7 Å². The fourth-order valence-corrected chi connectivity index (χ4v) is 1.89. The Balaban J connectivity index is 2.12. The highest BCUT2D eigenvalue weighted by molar-refractivity contribution is 6.07. The number of nitrogens with zero attached hydrogens (tertiary/aromatic N) is 3. The van der Waals surface area contributed by atoms with E-state index < -0.39 is 11.8 Å². The smallest absolute Gasteiger partial charge is 0.339 e. The standard InChI is InChI=1S/C16H13N3O3/c17-19-18-10-15(20)13-8-4-5-9-14(13)16(21)22-11-12-6-2-1-3-7-12/h1-9H,10-11H2. The Morgan fingerprint density at radius 1 is 1.00 bits per heavy atom. The molecule has 0 N–H and O–H groups in total. The Kier molecular flexibility index (Phi) is 5.29. The molecule has 2 aromatic rings. The number of Topliss-reactive ketones (excluding diaryl/α,β-unsaturated/α-hetero) is 1. The van der Waals surface area contributed by atoms with Gasteiger partial charge in [0.15, 0.2) is 5.78 Å². The van der Waals surface area contributed by atoms with E-state index in [1.807, 2.05) is 30.3 Å². The molecule has 6 nitrogen and oxygen atoms in total. The van der Waals surface area contributed by atoms with Gasteiger partial charge in [-0.05, 0) is 17.2 Å². The molecule has 0 atom stereocenters. The average Bonchev–Trinajstić information content (AvgIpc) is 2.58. The van der Waals surface area contributed by atoms with Crippen LogP contribution < -0.4 is 0 Å². The van der Waals surface area contributed by atoms with Crippen molar-refractivity contribution in [1.29, 1.82) is 0 Å². The number of hydrogen-bond donors (Lipinski definition) is 0. The van der Waals surface area contributed by atoms with Crippen molar-refractivity contribution < 1.29 is 14.3 Å². The molecule has 22 heavy (non-hydrogen) atoms. The van der Waals surface area contributed by atoms with Crippen LogP contribution in [0, 0.1) is 0 Å². The number of benzene rings is 2. The Bertz CT molecular complexity index is 722. The molecule has 2 aromatic carbocycles. The number of esters is 1. The summed E-state index contributed by atoms with van der Waals surface area (Å²) in [7, 11) is 0. The molecule has 0 saturated heterocycles. The fraction of sp³-hybridized carbons (Fsp3) is 0.125. The number of rotatable bonds is 6. The van der Waals surface area contributed by atoms with Gasteiger partial charge in [-0.25, -0.2) is 4.79 Å². The highest BCUT2D eigenvalue weighted by atomic mass is 16.5. The average molecular weight is 295 g/mol. The number of ether oxygens (including phenoxy) is 1. The summed E-state index contributed by atoms with van der Waals surface area (Å²) in [4.78, 5) is 26.6. The lowest BCUT2D eigenvalue weighted by molar-refractivity contribution is 0.0470. The van der Waals surface area contributed by atoms with Crippen LogP contribution in [0.2, 0.25) is 0 Å². The van der Waals surface area contributed by atoms with Gasteiger partial charge in [0.1, 0.15) is 6.61 Å². The van der Waals surface area contributed by atoms with Crippen LogP contribution in [-0.2, 0) is 11.3 Å². The summed E-state index contributed by atoms with van der Waals surface area (Å²) in [5, 5.41) is 3.22. The topological polar surface area (TPSA) is 92.1 Å². The lowest BCUT2D eigenvalue weighted by Gasteiger charge is -2.08. The van der Waals surface area contributed by atoms with Gasteiger partial charge in [-0.3, -0.25) is 4.79 Å². The van der Waals surface area contributed by atoms with Crippen LogP contribution in [0.25, 0.3) is 10.4 Å². The summed E-state index contributed by atoms with van der Waals surface area (Å²) in [6.45, 7) is -0.210. The lowest BCUT2D eigenvalue weighted by Crippen LogP contribution is -2.13. The number of hydrogen-bond acceptors (Lipinski definition) is 4. The second-order valence-electron chi connectivity index (χ2n) is 4.42. The van der Waals surface area contributed by atoms with E-state index in [-0.39, 0.29) is 24.3 Å². The third-order valence-electron chi connectivity index (χ3n) is 2.94. The summed E-state index contributed by atoms with van der Waals surface area (Å²) < 4.78 is 5.21. The van der Waals surface area contributed by atoms with E-state index in [0.29, 0.717) is 0 Å². The van der Waals surface area contributed by atoms with Crippen molar-refractivity contribution in [3.8, 4) is 0 Å². The Hall–Kier alpha value is -3.11. The van der Waals surface area contributed by atoms with Crippen LogP contribution in [0.5, 0.6) is 0 Å². The van der Waals surface area contributed by atoms with E-state index in [9.17, 15) is 9.59 Å². The van der Waals surface area contributed by atoms with Gasteiger partial charge in [0.2, 0.25) is 0 Å². The summed E-state index contributed by atoms with van der Waals surface area (Å²) in [5.74, 6) is -1.01. The molecular formula is C16H13N3O3. The summed E-state index contributed by atoms with van der Waals surface area (Å²) in [6.07, 6.45) is 0. The Morgan fingerprint density at radius 2 is 1.64 bits per heavy atom. The molecule has 0 radical (unpaired) electrons. The minimum Gasteiger partial charge on any atom is -0.457 e. The summed E-state index contributed by atoms with van der Waals surface area (Å²) >= 11 is 0. The highest BCUT2D eigenvalue weighted by Crippen LogP contribution is 2.13. The SMILES string of the molecule is [N-]=[N+]=NCC(=O)c1ccccc1C(=O)OCc1ccccc1. The molecule has 0 spiro atoms. The fourth-order valence-electron chi connectivity index (χ4n) is 1.89. The number of carbonyl (C=O) groups excluding carboxylic acids is 2. The summed E-state index contributed by atoms with van der Waals surface area (Å²) in [5.41, 5.74) is 9.47. The summed E-state index contributed by atoms with van der Waals surface area (Å²) in [6, 6.07) is 15.5. The van der Waals surface area contributed by atoms with Gasteiger partial charge in [-0.15, -0.1) is 0 Å². The molecule has 0 aliphatic heterocycles. The zero-order chi connectivity index (χ0) is 15.8. The molecule has 0 aliphatic carbocycles. The van der Waals surface area contributed by atoms with Crippen LogP contribution in [0.1, 0.15) is 26.3 Å². The maximum Gasteiger partial charge on any atom is 0.339 e. The monoisotopic (exact) mass is 295 g/mol. The zero-order valence-corrected chi connectivity index (χ0v) is 11.7. The third kappa shape index (κ3) is 3.94. The number of ketones is 1. The predicted octanol–water partition coefficient (Wildman–Crippen LogP) is 3.54. The van der Waals surface area contributed by atoms with Gasteiger partial charge in [0.05, 0.1) is 12.1 Å². The van der Waals surface area contributed by atoms with Gasteiger partial charge < -0.3 is 4.74 Å². The molecule has 110 valence electrons. The minimum absolute atomic E-state index is 0.124. The molecule has 2 rings (SSSR count). The van der Waals surface area contributed by atoms with Crippen molar-refractivity contribution in [3.05, 3.63) is 81.7 Å². The van der Waals surface area contributed by atoms with E-state index in [2.05, 4.69) is 10.0 Å². The van der Waals surface area contributed by atoms with Gasteiger partial charge in [-0.1, -0.05) is 53.6 Å². The normalized spacial score (nSPS) is 9.64. The second-order valence-corrected chi connectivity index (χ2v) is 4.42. The van der Waals surface area contributed by atoms with Crippen molar-refractivity contribution in [2.45, 2.75) is 6.61 Å². The predicted molar refractivity (Wildman–Crippen MR) is 80.3 cm³/mol. The molecular weight excluding hydrogens is 282 g/mol. The van der Waals surface area contributed by atoms with Crippen molar-refractivity contribution in [2.75, 3.05) is 6.54 Å². The van der Waals surface area contributed by atoms with Crippen LogP contribution in [0.4, 0.5) is 0 Å². The molecule has 0 heterocycles.